The summed E-state index contributed by atoms with van der Waals surface area (Å²) in [6.07, 6.45) is 3.13. The van der Waals surface area contributed by atoms with Crippen molar-refractivity contribution in [1.82, 2.24) is 10.6 Å². The molecule has 0 spiro atoms. The average molecular weight is 366 g/mol. The Labute approximate surface area is 158 Å². The van der Waals surface area contributed by atoms with E-state index in [4.69, 9.17) is 14.2 Å². The highest BCUT2D eigenvalue weighted by molar-refractivity contribution is 5.79. The van der Waals surface area contributed by atoms with E-state index in [9.17, 15) is 0 Å². The molecule has 0 aliphatic heterocycles. The molecule has 0 saturated heterocycles. The van der Waals surface area contributed by atoms with E-state index in [-0.39, 0.29) is 6.10 Å². The van der Waals surface area contributed by atoms with Crippen LogP contribution in [0.15, 0.2) is 35.3 Å². The first-order valence-electron chi connectivity index (χ1n) is 9.45. The van der Waals surface area contributed by atoms with Crippen LogP contribution in [0.25, 0.3) is 0 Å². The van der Waals surface area contributed by atoms with Crippen molar-refractivity contribution in [2.45, 2.75) is 32.3 Å². The maximum Gasteiger partial charge on any atom is 0.190 e. The SMILES string of the molecule is CN=C(NCCCCOCCOC)NCCCOC(C)c1ccccc1. The summed E-state index contributed by atoms with van der Waals surface area (Å²) in [5.74, 6) is 0.835. The molecule has 1 aromatic rings. The molecule has 1 aromatic carbocycles. The molecule has 6 heteroatoms. The lowest BCUT2D eigenvalue weighted by Crippen LogP contribution is -2.38. The molecular formula is C20H35N3O3. The second-order valence-electron chi connectivity index (χ2n) is 6.02. The maximum absolute atomic E-state index is 5.87. The summed E-state index contributed by atoms with van der Waals surface area (Å²) < 4.78 is 16.2. The molecule has 2 N–H and O–H groups in total. The number of benzene rings is 1. The molecule has 1 unspecified atom stereocenters. The third-order valence-corrected chi connectivity index (χ3v) is 3.91. The van der Waals surface area contributed by atoms with Crippen LogP contribution in [0.5, 0.6) is 0 Å². The van der Waals surface area contributed by atoms with Gasteiger partial charge in [0.25, 0.3) is 0 Å². The molecule has 0 aliphatic carbocycles. The number of rotatable bonds is 14. The highest BCUT2D eigenvalue weighted by Crippen LogP contribution is 2.15. The summed E-state index contributed by atoms with van der Waals surface area (Å²) in [5, 5.41) is 6.63. The van der Waals surface area contributed by atoms with Crippen molar-refractivity contribution in [1.29, 1.82) is 0 Å². The van der Waals surface area contributed by atoms with Crippen LogP contribution in [0.4, 0.5) is 0 Å². The van der Waals surface area contributed by atoms with Crippen molar-refractivity contribution in [2.24, 2.45) is 4.99 Å². The molecule has 0 amide bonds. The molecule has 0 aliphatic rings. The Kier molecular flexibility index (Phi) is 13.5. The molecule has 148 valence electrons. The maximum atomic E-state index is 5.87. The van der Waals surface area contributed by atoms with E-state index >= 15 is 0 Å². The van der Waals surface area contributed by atoms with Crippen LogP contribution in [-0.4, -0.2) is 59.6 Å². The molecule has 0 bridgehead atoms. The second kappa shape index (κ2) is 15.6. The van der Waals surface area contributed by atoms with E-state index < -0.39 is 0 Å². The Morgan fingerprint density at radius 2 is 1.69 bits per heavy atom. The van der Waals surface area contributed by atoms with Crippen LogP contribution in [0.1, 0.15) is 37.9 Å². The Morgan fingerprint density at radius 3 is 2.38 bits per heavy atom. The standard InChI is InChI=1S/C20H35N3O3/c1-18(19-10-5-4-6-11-19)26-15-9-13-23-20(21-2)22-12-7-8-14-25-17-16-24-3/h4-6,10-11,18H,7-9,12-17H2,1-3H3,(H2,21,22,23). The Morgan fingerprint density at radius 1 is 0.962 bits per heavy atom. The highest BCUT2D eigenvalue weighted by Gasteiger charge is 2.04. The highest BCUT2D eigenvalue weighted by atomic mass is 16.5. The fraction of sp³-hybridized carbons (Fsp3) is 0.650. The van der Waals surface area contributed by atoms with Gasteiger partial charge in [0, 0.05) is 40.5 Å². The minimum absolute atomic E-state index is 0.125. The van der Waals surface area contributed by atoms with Gasteiger partial charge in [0.05, 0.1) is 19.3 Å². The van der Waals surface area contributed by atoms with E-state index in [0.29, 0.717) is 13.2 Å². The van der Waals surface area contributed by atoms with Crippen molar-refractivity contribution in [3.63, 3.8) is 0 Å². The van der Waals surface area contributed by atoms with Gasteiger partial charge in [-0.3, -0.25) is 4.99 Å². The largest absolute Gasteiger partial charge is 0.382 e. The lowest BCUT2D eigenvalue weighted by atomic mass is 10.1. The fourth-order valence-electron chi connectivity index (χ4n) is 2.36. The number of guanidine groups is 1. The van der Waals surface area contributed by atoms with Gasteiger partial charge in [-0.1, -0.05) is 30.3 Å². The summed E-state index contributed by atoms with van der Waals surface area (Å²) in [6, 6.07) is 10.3. The first kappa shape index (κ1) is 22.4. The van der Waals surface area contributed by atoms with Crippen LogP contribution in [0, 0.1) is 0 Å². The predicted octanol–water partition coefficient (Wildman–Crippen LogP) is 2.76. The van der Waals surface area contributed by atoms with Crippen molar-refractivity contribution in [3.8, 4) is 0 Å². The van der Waals surface area contributed by atoms with Crippen LogP contribution >= 0.6 is 0 Å². The normalized spacial score (nSPS) is 12.8. The topological polar surface area (TPSA) is 64.1 Å². The number of aliphatic imine (C=N–C) groups is 1. The van der Waals surface area contributed by atoms with Crippen LogP contribution in [0.3, 0.4) is 0 Å². The number of methoxy groups -OCH3 is 1. The van der Waals surface area contributed by atoms with Gasteiger partial charge >= 0.3 is 0 Å². The van der Waals surface area contributed by atoms with Crippen molar-refractivity contribution < 1.29 is 14.2 Å². The van der Waals surface area contributed by atoms with Crippen LogP contribution < -0.4 is 10.6 Å². The van der Waals surface area contributed by atoms with Crippen LogP contribution in [0.2, 0.25) is 0 Å². The van der Waals surface area contributed by atoms with Crippen molar-refractivity contribution in [2.75, 3.05) is 53.7 Å². The van der Waals surface area contributed by atoms with Gasteiger partial charge in [-0.15, -0.1) is 0 Å². The Bertz CT molecular complexity index is 469. The summed E-state index contributed by atoms with van der Waals surface area (Å²) in [5.41, 5.74) is 1.21. The lowest BCUT2D eigenvalue weighted by molar-refractivity contribution is 0.0646. The minimum atomic E-state index is 0.125. The number of unbranched alkanes of at least 4 members (excludes halogenated alkanes) is 1. The predicted molar refractivity (Wildman–Crippen MR) is 107 cm³/mol. The summed E-state index contributed by atoms with van der Waals surface area (Å²) in [6.45, 7) is 6.62. The molecule has 0 fully saturated rings. The summed E-state index contributed by atoms with van der Waals surface area (Å²) >= 11 is 0. The molecular weight excluding hydrogens is 330 g/mol. The smallest absolute Gasteiger partial charge is 0.190 e. The Hall–Kier alpha value is -1.63. The molecule has 1 rings (SSSR count). The second-order valence-corrected chi connectivity index (χ2v) is 6.02. The first-order valence-corrected chi connectivity index (χ1v) is 9.45. The number of nitrogens with one attached hydrogen (secondary N) is 2. The molecule has 6 nitrogen and oxygen atoms in total. The van der Waals surface area contributed by atoms with Gasteiger partial charge in [0.1, 0.15) is 0 Å². The minimum Gasteiger partial charge on any atom is -0.382 e. The van der Waals surface area contributed by atoms with Crippen molar-refractivity contribution >= 4 is 5.96 Å². The number of ether oxygens (including phenoxy) is 3. The van der Waals surface area contributed by atoms with Gasteiger partial charge in [-0.05, 0) is 31.7 Å². The fourth-order valence-corrected chi connectivity index (χ4v) is 2.36. The number of nitrogens with zero attached hydrogens (tertiary/aromatic N) is 1. The molecule has 26 heavy (non-hydrogen) atoms. The molecule has 0 aromatic heterocycles. The van der Waals surface area contributed by atoms with Gasteiger partial charge < -0.3 is 24.8 Å². The summed E-state index contributed by atoms with van der Waals surface area (Å²) in [4.78, 5) is 4.23. The van der Waals surface area contributed by atoms with Gasteiger partial charge in [0.2, 0.25) is 0 Å². The van der Waals surface area contributed by atoms with Crippen LogP contribution in [-0.2, 0) is 14.2 Å². The zero-order valence-electron chi connectivity index (χ0n) is 16.5. The number of hydrogen-bond acceptors (Lipinski definition) is 4. The van der Waals surface area contributed by atoms with Crippen molar-refractivity contribution in [3.05, 3.63) is 35.9 Å². The monoisotopic (exact) mass is 365 g/mol. The van der Waals surface area contributed by atoms with E-state index in [0.717, 1.165) is 51.5 Å². The van der Waals surface area contributed by atoms with Gasteiger partial charge in [-0.2, -0.15) is 0 Å². The quantitative estimate of drug-likeness (QED) is 0.301. The van der Waals surface area contributed by atoms with E-state index in [1.807, 2.05) is 18.2 Å². The van der Waals surface area contributed by atoms with E-state index in [1.54, 1.807) is 14.2 Å². The van der Waals surface area contributed by atoms with Gasteiger partial charge in [0.15, 0.2) is 5.96 Å². The average Bonchev–Trinajstić information content (AvgIpc) is 2.68. The lowest BCUT2D eigenvalue weighted by Gasteiger charge is -2.15. The van der Waals surface area contributed by atoms with E-state index in [2.05, 4.69) is 34.7 Å². The van der Waals surface area contributed by atoms with Gasteiger partial charge in [-0.25, -0.2) is 0 Å². The third kappa shape index (κ3) is 11.1. The Balaban J connectivity index is 1.99. The number of hydrogen-bond donors (Lipinski definition) is 2. The molecule has 0 saturated carbocycles. The molecule has 0 radical (unpaired) electrons. The first-order chi connectivity index (χ1) is 12.8. The van der Waals surface area contributed by atoms with E-state index in [1.165, 1.54) is 5.56 Å². The molecule has 0 heterocycles. The summed E-state index contributed by atoms with van der Waals surface area (Å²) in [7, 11) is 3.47. The zero-order chi connectivity index (χ0) is 18.9. The third-order valence-electron chi connectivity index (χ3n) is 3.91. The molecule has 1 atom stereocenters. The zero-order valence-corrected chi connectivity index (χ0v) is 16.5.